The molecule has 0 aliphatic heterocycles. The Morgan fingerprint density at radius 1 is 0.875 bits per heavy atom. The quantitative estimate of drug-likeness (QED) is 0.828. The molecule has 24 heavy (non-hydrogen) atoms. The van der Waals surface area contributed by atoms with Crippen molar-refractivity contribution in [2.45, 2.75) is 52.7 Å². The van der Waals surface area contributed by atoms with E-state index >= 15 is 0 Å². The van der Waals surface area contributed by atoms with E-state index in [1.54, 1.807) is 38.2 Å². The van der Waals surface area contributed by atoms with Crippen molar-refractivity contribution in [3.8, 4) is 0 Å². The largest absolute Gasteiger partial charge is 0.385 e. The Bertz CT molecular complexity index is 573. The van der Waals surface area contributed by atoms with Crippen LogP contribution in [0.15, 0.2) is 47.6 Å². The topological polar surface area (TPSA) is 57.5 Å². The number of hydrogen-bond acceptors (Lipinski definition) is 3. The predicted molar refractivity (Wildman–Crippen MR) is 97.4 cm³/mol. The Balaban J connectivity index is 2.28. The van der Waals surface area contributed by atoms with Gasteiger partial charge in [-0.1, -0.05) is 52.0 Å². The smallest absolute Gasteiger partial charge is 0.152 e. The molecule has 2 rings (SSSR count). The standard InChI is InChI=1S/C21H30O3/c1-13(2)15-7-9-17(20(5,23)11-15)19(22)18-10-8-16(14(3)4)12-21(18,6)24/h7-14,17-18,23-24H,1-6H3. The lowest BCUT2D eigenvalue weighted by molar-refractivity contribution is -0.134. The summed E-state index contributed by atoms with van der Waals surface area (Å²) in [6, 6.07) is 0. The Morgan fingerprint density at radius 2 is 1.21 bits per heavy atom. The first-order chi connectivity index (χ1) is 11.0. The molecule has 3 heteroatoms. The lowest BCUT2D eigenvalue weighted by Gasteiger charge is -2.38. The molecule has 0 bridgehead atoms. The fourth-order valence-corrected chi connectivity index (χ4v) is 3.43. The maximum Gasteiger partial charge on any atom is 0.152 e. The molecular weight excluding hydrogens is 300 g/mol. The summed E-state index contributed by atoms with van der Waals surface area (Å²) in [6.07, 6.45) is 10.9. The lowest BCUT2D eigenvalue weighted by atomic mass is 9.70. The third-order valence-corrected chi connectivity index (χ3v) is 5.09. The summed E-state index contributed by atoms with van der Waals surface area (Å²) in [4.78, 5) is 13.1. The minimum Gasteiger partial charge on any atom is -0.385 e. The highest BCUT2D eigenvalue weighted by Crippen LogP contribution is 2.37. The fourth-order valence-electron chi connectivity index (χ4n) is 3.43. The monoisotopic (exact) mass is 330 g/mol. The molecule has 2 aliphatic rings. The normalized spacial score (nSPS) is 36.1. The van der Waals surface area contributed by atoms with E-state index in [1.807, 2.05) is 12.2 Å². The number of hydrogen-bond donors (Lipinski definition) is 2. The molecule has 3 nitrogen and oxygen atoms in total. The van der Waals surface area contributed by atoms with E-state index in [-0.39, 0.29) is 17.6 Å². The molecule has 0 radical (unpaired) electrons. The van der Waals surface area contributed by atoms with Crippen LogP contribution < -0.4 is 0 Å². The summed E-state index contributed by atoms with van der Waals surface area (Å²) in [6.45, 7) is 11.6. The van der Waals surface area contributed by atoms with Gasteiger partial charge in [0.15, 0.2) is 5.78 Å². The number of ketones is 1. The second kappa shape index (κ2) is 6.45. The van der Waals surface area contributed by atoms with Crippen molar-refractivity contribution in [2.75, 3.05) is 0 Å². The number of allylic oxidation sites excluding steroid dienone is 4. The summed E-state index contributed by atoms with van der Waals surface area (Å²) < 4.78 is 0. The minimum absolute atomic E-state index is 0.157. The van der Waals surface area contributed by atoms with Gasteiger partial charge in [-0.3, -0.25) is 4.79 Å². The summed E-state index contributed by atoms with van der Waals surface area (Å²) in [7, 11) is 0. The van der Waals surface area contributed by atoms with Gasteiger partial charge >= 0.3 is 0 Å². The van der Waals surface area contributed by atoms with Gasteiger partial charge in [0.25, 0.3) is 0 Å². The van der Waals surface area contributed by atoms with Crippen molar-refractivity contribution >= 4 is 5.78 Å². The second-order valence-corrected chi connectivity index (χ2v) is 8.13. The molecule has 0 amide bonds. The summed E-state index contributed by atoms with van der Waals surface area (Å²) in [5.74, 6) is -0.892. The van der Waals surface area contributed by atoms with Crippen molar-refractivity contribution < 1.29 is 15.0 Å². The summed E-state index contributed by atoms with van der Waals surface area (Å²) in [5, 5.41) is 21.6. The number of Topliss-reactive ketones (excluding diaryl/α,β-unsaturated/α-hetero) is 1. The molecule has 0 saturated carbocycles. The molecule has 0 saturated heterocycles. The third kappa shape index (κ3) is 3.62. The number of aliphatic hydroxyl groups is 2. The average Bonchev–Trinajstić information content (AvgIpc) is 2.44. The third-order valence-electron chi connectivity index (χ3n) is 5.09. The molecule has 4 unspecified atom stereocenters. The molecule has 0 aromatic rings. The van der Waals surface area contributed by atoms with Crippen molar-refractivity contribution in [2.24, 2.45) is 23.7 Å². The van der Waals surface area contributed by atoms with Crippen molar-refractivity contribution in [3.05, 3.63) is 47.6 Å². The van der Waals surface area contributed by atoms with Crippen LogP contribution in [0.4, 0.5) is 0 Å². The van der Waals surface area contributed by atoms with E-state index in [0.717, 1.165) is 11.1 Å². The van der Waals surface area contributed by atoms with Gasteiger partial charge in [0, 0.05) is 0 Å². The molecule has 132 valence electrons. The molecule has 0 fully saturated rings. The van der Waals surface area contributed by atoms with Crippen LogP contribution in [0.3, 0.4) is 0 Å². The van der Waals surface area contributed by atoms with Gasteiger partial charge in [-0.05, 0) is 49.0 Å². The van der Waals surface area contributed by atoms with Gasteiger partial charge in [-0.15, -0.1) is 0 Å². The van der Waals surface area contributed by atoms with Gasteiger partial charge in [-0.2, -0.15) is 0 Å². The molecular formula is C21H30O3. The van der Waals surface area contributed by atoms with Gasteiger partial charge in [-0.25, -0.2) is 0 Å². The Labute approximate surface area is 145 Å². The van der Waals surface area contributed by atoms with Crippen LogP contribution in [0.5, 0.6) is 0 Å². The average molecular weight is 330 g/mol. The predicted octanol–water partition coefficient (Wildman–Crippen LogP) is 3.59. The highest BCUT2D eigenvalue weighted by atomic mass is 16.3. The molecule has 4 atom stereocenters. The van der Waals surface area contributed by atoms with Crippen LogP contribution in [-0.4, -0.2) is 27.2 Å². The minimum atomic E-state index is -1.24. The van der Waals surface area contributed by atoms with Crippen LogP contribution in [-0.2, 0) is 4.79 Å². The fraction of sp³-hybridized carbons (Fsp3) is 0.571. The maximum absolute atomic E-state index is 13.1. The highest BCUT2D eigenvalue weighted by molar-refractivity contribution is 5.90. The van der Waals surface area contributed by atoms with Crippen LogP contribution in [0.2, 0.25) is 0 Å². The summed E-state index contributed by atoms with van der Waals surface area (Å²) in [5.41, 5.74) is -0.427. The first-order valence-electron chi connectivity index (χ1n) is 8.76. The van der Waals surface area contributed by atoms with Gasteiger partial charge in [0.1, 0.15) is 0 Å². The van der Waals surface area contributed by atoms with Crippen LogP contribution >= 0.6 is 0 Å². The van der Waals surface area contributed by atoms with E-state index < -0.39 is 23.0 Å². The Morgan fingerprint density at radius 3 is 1.46 bits per heavy atom. The van der Waals surface area contributed by atoms with Crippen molar-refractivity contribution in [3.63, 3.8) is 0 Å². The lowest BCUT2D eigenvalue weighted by Crippen LogP contribution is -2.47. The zero-order chi connectivity index (χ0) is 18.3. The van der Waals surface area contributed by atoms with E-state index in [1.165, 1.54) is 0 Å². The van der Waals surface area contributed by atoms with Crippen molar-refractivity contribution in [1.29, 1.82) is 0 Å². The number of rotatable bonds is 4. The van der Waals surface area contributed by atoms with Crippen LogP contribution in [0.25, 0.3) is 0 Å². The van der Waals surface area contributed by atoms with E-state index in [2.05, 4.69) is 27.7 Å². The first-order valence-corrected chi connectivity index (χ1v) is 8.76. The zero-order valence-electron chi connectivity index (χ0n) is 15.6. The van der Waals surface area contributed by atoms with Crippen LogP contribution in [0, 0.1) is 23.7 Å². The van der Waals surface area contributed by atoms with Crippen LogP contribution in [0.1, 0.15) is 41.5 Å². The zero-order valence-corrected chi connectivity index (χ0v) is 15.6. The van der Waals surface area contributed by atoms with E-state index in [4.69, 9.17) is 0 Å². The Kier molecular flexibility index (Phi) is 5.08. The van der Waals surface area contributed by atoms with E-state index in [0.29, 0.717) is 0 Å². The molecule has 2 aliphatic carbocycles. The second-order valence-electron chi connectivity index (χ2n) is 8.13. The van der Waals surface area contributed by atoms with E-state index in [9.17, 15) is 15.0 Å². The molecule has 0 spiro atoms. The number of carbonyl (C=O) groups excluding carboxylic acids is 1. The van der Waals surface area contributed by atoms with Crippen molar-refractivity contribution in [1.82, 2.24) is 0 Å². The molecule has 0 heterocycles. The Hall–Kier alpha value is -1.45. The highest BCUT2D eigenvalue weighted by Gasteiger charge is 2.44. The SMILES string of the molecule is CC(C)C1=CC(C)(O)C(C(=O)C2C=CC(C(C)C)=CC2(C)O)C=C1. The number of carbonyl (C=O) groups is 1. The molecule has 2 N–H and O–H groups in total. The molecule has 0 aromatic heterocycles. The van der Waals surface area contributed by atoms with Gasteiger partial charge in [0.2, 0.25) is 0 Å². The molecule has 0 aromatic carbocycles. The first kappa shape index (κ1) is 18.9. The summed E-state index contributed by atoms with van der Waals surface area (Å²) >= 11 is 0. The maximum atomic E-state index is 13.1. The van der Waals surface area contributed by atoms with Gasteiger partial charge < -0.3 is 10.2 Å². The van der Waals surface area contributed by atoms with Gasteiger partial charge in [0.05, 0.1) is 23.0 Å².